The van der Waals surface area contributed by atoms with Gasteiger partial charge in [0.15, 0.2) is 0 Å². The molecule has 8 nitrogen and oxygen atoms in total. The van der Waals surface area contributed by atoms with Crippen molar-refractivity contribution in [1.82, 2.24) is 24.9 Å². The molecule has 0 amide bonds. The van der Waals surface area contributed by atoms with E-state index in [-0.39, 0.29) is 35.6 Å². The van der Waals surface area contributed by atoms with Gasteiger partial charge >= 0.3 is 6.43 Å². The van der Waals surface area contributed by atoms with E-state index in [4.69, 9.17) is 4.42 Å². The molecule has 164 valence electrons. The van der Waals surface area contributed by atoms with Crippen LogP contribution in [-0.4, -0.2) is 40.4 Å². The van der Waals surface area contributed by atoms with Crippen LogP contribution in [0.4, 0.5) is 13.2 Å². The highest BCUT2D eigenvalue weighted by Crippen LogP contribution is 2.28. The maximum atomic E-state index is 13.3. The average molecular weight is 453 g/mol. The van der Waals surface area contributed by atoms with Gasteiger partial charge in [0.2, 0.25) is 10.0 Å². The van der Waals surface area contributed by atoms with Crippen molar-refractivity contribution in [3.8, 4) is 11.5 Å². The van der Waals surface area contributed by atoms with E-state index in [9.17, 15) is 21.6 Å². The maximum Gasteiger partial charge on any atom is 0.314 e. The summed E-state index contributed by atoms with van der Waals surface area (Å²) < 4.78 is 70.4. The number of aromatic nitrogens is 4. The van der Waals surface area contributed by atoms with E-state index >= 15 is 0 Å². The lowest BCUT2D eigenvalue weighted by Gasteiger charge is -2.18. The Morgan fingerprint density at radius 1 is 1.10 bits per heavy atom. The fourth-order valence-electron chi connectivity index (χ4n) is 2.99. The highest BCUT2D eigenvalue weighted by Gasteiger charge is 2.35. The Hall–Kier alpha value is -2.86. The summed E-state index contributed by atoms with van der Waals surface area (Å²) in [5.41, 5.74) is 1.00. The Morgan fingerprint density at radius 2 is 1.77 bits per heavy atom. The molecule has 0 aliphatic heterocycles. The van der Waals surface area contributed by atoms with Gasteiger partial charge in [0, 0.05) is 31.3 Å². The first kappa shape index (κ1) is 21.4. The zero-order valence-electron chi connectivity index (χ0n) is 16.1. The van der Waals surface area contributed by atoms with Crippen molar-refractivity contribution in [3.63, 3.8) is 0 Å². The molecule has 0 radical (unpaired) electrons. The van der Waals surface area contributed by atoms with Gasteiger partial charge in [-0.1, -0.05) is 12.1 Å². The molecular weight excluding hydrogens is 435 g/mol. The number of nitrogens with zero attached hydrogens (tertiary/aromatic N) is 4. The first-order chi connectivity index (χ1) is 14.8. The highest BCUT2D eigenvalue weighted by atomic mass is 32.2. The predicted molar refractivity (Wildman–Crippen MR) is 103 cm³/mol. The minimum atomic E-state index is -3.39. The monoisotopic (exact) mass is 453 g/mol. The molecule has 2 heterocycles. The Morgan fingerprint density at radius 3 is 2.35 bits per heavy atom. The standard InChI is InChI=1S/C19H18F3N5O3S/c20-14-3-1-11(2-4-14)12(10-25-31(28,29)15-5-6-15)7-16-23-8-13(9-24-16)18-26-27-19(30-18)17(21)22/h1-4,8-9,12,15,17,25H,5-7,10H2. The number of hydrogen-bond acceptors (Lipinski definition) is 7. The summed E-state index contributed by atoms with van der Waals surface area (Å²) in [6.07, 6.45) is 1.40. The molecule has 0 bridgehead atoms. The van der Waals surface area contributed by atoms with Crippen LogP contribution in [0.1, 0.15) is 42.5 Å². The van der Waals surface area contributed by atoms with E-state index in [0.717, 1.165) is 5.56 Å². The van der Waals surface area contributed by atoms with Gasteiger partial charge in [0.05, 0.1) is 10.8 Å². The normalized spacial score (nSPS) is 15.4. The van der Waals surface area contributed by atoms with Crippen LogP contribution in [0.5, 0.6) is 0 Å². The molecule has 1 aliphatic carbocycles. The summed E-state index contributed by atoms with van der Waals surface area (Å²) in [6.45, 7) is 0.108. The molecule has 1 saturated carbocycles. The molecule has 2 aromatic heterocycles. The van der Waals surface area contributed by atoms with Crippen molar-refractivity contribution in [3.05, 3.63) is 59.8 Å². The maximum absolute atomic E-state index is 13.3. The van der Waals surface area contributed by atoms with Crippen LogP contribution in [0.2, 0.25) is 0 Å². The minimum absolute atomic E-state index is 0.108. The van der Waals surface area contributed by atoms with E-state index in [0.29, 0.717) is 18.7 Å². The number of alkyl halides is 2. The molecule has 1 N–H and O–H groups in total. The number of hydrogen-bond donors (Lipinski definition) is 1. The van der Waals surface area contributed by atoms with Gasteiger partial charge in [-0.2, -0.15) is 8.78 Å². The van der Waals surface area contributed by atoms with Crippen LogP contribution in [0.25, 0.3) is 11.5 Å². The summed E-state index contributed by atoms with van der Waals surface area (Å²) >= 11 is 0. The van der Waals surface area contributed by atoms with Gasteiger partial charge < -0.3 is 4.42 Å². The second-order valence-corrected chi connectivity index (χ2v) is 9.22. The van der Waals surface area contributed by atoms with Gasteiger partial charge in [0.1, 0.15) is 11.6 Å². The fourth-order valence-corrected chi connectivity index (χ4v) is 4.41. The fraction of sp³-hybridized carbons (Fsp3) is 0.368. The minimum Gasteiger partial charge on any atom is -0.415 e. The van der Waals surface area contributed by atoms with E-state index in [1.807, 2.05) is 0 Å². The van der Waals surface area contributed by atoms with Gasteiger partial charge in [-0.05, 0) is 30.5 Å². The number of halogens is 3. The lowest BCUT2D eigenvalue weighted by molar-refractivity contribution is 0.116. The van der Waals surface area contributed by atoms with Gasteiger partial charge in [-0.15, -0.1) is 10.2 Å². The molecule has 1 unspecified atom stereocenters. The van der Waals surface area contributed by atoms with Crippen molar-refractivity contribution < 1.29 is 26.0 Å². The van der Waals surface area contributed by atoms with Crippen molar-refractivity contribution in [2.75, 3.05) is 6.54 Å². The molecular formula is C19H18F3N5O3S. The first-order valence-corrected chi connectivity index (χ1v) is 11.0. The quantitative estimate of drug-likeness (QED) is 0.530. The molecule has 3 aromatic rings. The number of sulfonamides is 1. The zero-order chi connectivity index (χ0) is 22.0. The average Bonchev–Trinajstić information content (AvgIpc) is 3.50. The van der Waals surface area contributed by atoms with Crippen LogP contribution < -0.4 is 4.72 Å². The second-order valence-electron chi connectivity index (χ2n) is 7.18. The van der Waals surface area contributed by atoms with Crippen LogP contribution in [0, 0.1) is 5.82 Å². The van der Waals surface area contributed by atoms with Crippen LogP contribution in [0.3, 0.4) is 0 Å². The molecule has 0 saturated heterocycles. The van der Waals surface area contributed by atoms with E-state index in [1.54, 1.807) is 12.1 Å². The number of nitrogens with one attached hydrogen (secondary N) is 1. The lowest BCUT2D eigenvalue weighted by atomic mass is 9.95. The third-order valence-electron chi connectivity index (χ3n) is 4.84. The van der Waals surface area contributed by atoms with E-state index in [2.05, 4.69) is 24.9 Å². The SMILES string of the molecule is O=S(=O)(NCC(Cc1ncc(-c2nnc(C(F)F)o2)cn1)c1ccc(F)cc1)C1CC1. The molecule has 12 heteroatoms. The third-order valence-corrected chi connectivity index (χ3v) is 6.76. The smallest absolute Gasteiger partial charge is 0.314 e. The molecule has 1 aromatic carbocycles. The van der Waals surface area contributed by atoms with Crippen LogP contribution in [-0.2, 0) is 16.4 Å². The first-order valence-electron chi connectivity index (χ1n) is 9.48. The van der Waals surface area contributed by atoms with Crippen molar-refractivity contribution in [1.29, 1.82) is 0 Å². The molecule has 1 fully saturated rings. The lowest BCUT2D eigenvalue weighted by Crippen LogP contribution is -2.32. The Bertz CT molecular complexity index is 1130. The summed E-state index contributed by atoms with van der Waals surface area (Å²) in [4.78, 5) is 8.41. The predicted octanol–water partition coefficient (Wildman–Crippen LogP) is 3.01. The van der Waals surface area contributed by atoms with Gasteiger partial charge in [-0.25, -0.2) is 27.5 Å². The largest absolute Gasteiger partial charge is 0.415 e. The summed E-state index contributed by atoms with van der Waals surface area (Å²) in [5, 5.41) is 6.45. The molecule has 1 atom stereocenters. The summed E-state index contributed by atoms with van der Waals surface area (Å²) in [6, 6.07) is 5.78. The third kappa shape index (κ3) is 5.25. The number of rotatable bonds is 9. The molecule has 0 spiro atoms. The highest BCUT2D eigenvalue weighted by molar-refractivity contribution is 7.90. The topological polar surface area (TPSA) is 111 Å². The van der Waals surface area contributed by atoms with Crippen molar-refractivity contribution >= 4 is 10.0 Å². The van der Waals surface area contributed by atoms with Crippen LogP contribution >= 0.6 is 0 Å². The molecule has 31 heavy (non-hydrogen) atoms. The Labute approximate surface area is 176 Å². The summed E-state index contributed by atoms with van der Waals surface area (Å²) in [7, 11) is -3.39. The molecule has 1 aliphatic rings. The summed E-state index contributed by atoms with van der Waals surface area (Å²) in [5.74, 6) is -1.27. The van der Waals surface area contributed by atoms with Crippen LogP contribution in [0.15, 0.2) is 41.1 Å². The van der Waals surface area contributed by atoms with E-state index in [1.165, 1.54) is 24.5 Å². The molecule has 4 rings (SSSR count). The number of benzene rings is 1. The zero-order valence-corrected chi connectivity index (χ0v) is 16.9. The van der Waals surface area contributed by atoms with Gasteiger partial charge in [0.25, 0.3) is 11.8 Å². The second kappa shape index (κ2) is 8.71. The van der Waals surface area contributed by atoms with Crippen molar-refractivity contribution in [2.24, 2.45) is 0 Å². The van der Waals surface area contributed by atoms with E-state index < -0.39 is 28.2 Å². The Kier molecular flexibility index (Phi) is 6.01. The Balaban J connectivity index is 1.50. The van der Waals surface area contributed by atoms with Crippen molar-refractivity contribution in [2.45, 2.75) is 36.9 Å². The van der Waals surface area contributed by atoms with Gasteiger partial charge in [-0.3, -0.25) is 0 Å².